The summed E-state index contributed by atoms with van der Waals surface area (Å²) in [5.41, 5.74) is 7.20. The van der Waals surface area contributed by atoms with E-state index < -0.39 is 11.8 Å². The van der Waals surface area contributed by atoms with Gasteiger partial charge in [0.05, 0.1) is 0 Å². The predicted molar refractivity (Wildman–Crippen MR) is 97.9 cm³/mol. The summed E-state index contributed by atoms with van der Waals surface area (Å²) in [5, 5.41) is 0.864. The Morgan fingerprint density at radius 1 is 1.04 bits per heavy atom. The summed E-state index contributed by atoms with van der Waals surface area (Å²) in [7, 11) is 0. The predicted octanol–water partition coefficient (Wildman–Crippen LogP) is 3.14. The van der Waals surface area contributed by atoms with Crippen molar-refractivity contribution in [1.82, 2.24) is 10.9 Å². The summed E-state index contributed by atoms with van der Waals surface area (Å²) in [6, 6.07) is 14.9. The maximum absolute atomic E-state index is 12.2. The van der Waals surface area contributed by atoms with Gasteiger partial charge in [-0.3, -0.25) is 20.4 Å². The Hall–Kier alpha value is -3.28. The number of carbonyl (C=O) groups is 2. The molecule has 0 aliphatic heterocycles. The van der Waals surface area contributed by atoms with E-state index in [4.69, 9.17) is 9.15 Å². The van der Waals surface area contributed by atoms with Crippen LogP contribution in [-0.2, 0) is 11.2 Å². The summed E-state index contributed by atoms with van der Waals surface area (Å²) in [4.78, 5) is 24.1. The maximum atomic E-state index is 12.2. The fraction of sp³-hybridized carbons (Fsp3) is 0.200. The fourth-order valence-electron chi connectivity index (χ4n) is 2.58. The first kappa shape index (κ1) is 17.5. The molecule has 3 aromatic rings. The van der Waals surface area contributed by atoms with Crippen LogP contribution >= 0.6 is 0 Å². The molecule has 26 heavy (non-hydrogen) atoms. The van der Waals surface area contributed by atoms with Crippen LogP contribution in [0.4, 0.5) is 0 Å². The molecular weight excluding hydrogens is 332 g/mol. The highest BCUT2D eigenvalue weighted by Crippen LogP contribution is 2.24. The van der Waals surface area contributed by atoms with Crippen LogP contribution in [0.5, 0.6) is 5.75 Å². The number of aryl methyl sites for hydroxylation is 2. The van der Waals surface area contributed by atoms with Crippen molar-refractivity contribution in [3.8, 4) is 5.75 Å². The summed E-state index contributed by atoms with van der Waals surface area (Å²) in [6.45, 7) is 3.66. The maximum Gasteiger partial charge on any atom is 0.305 e. The van der Waals surface area contributed by atoms with Gasteiger partial charge in [-0.1, -0.05) is 37.3 Å². The van der Waals surface area contributed by atoms with Crippen molar-refractivity contribution in [2.24, 2.45) is 0 Å². The lowest BCUT2D eigenvalue weighted by molar-refractivity contribution is -0.123. The Labute approximate surface area is 151 Å². The molecule has 1 aromatic heterocycles. The molecule has 134 valence electrons. The third-order valence-corrected chi connectivity index (χ3v) is 4.07. The van der Waals surface area contributed by atoms with Crippen LogP contribution in [0.2, 0.25) is 0 Å². The first-order valence-electron chi connectivity index (χ1n) is 8.37. The summed E-state index contributed by atoms with van der Waals surface area (Å²) in [5.74, 6) is -0.217. The van der Waals surface area contributed by atoms with Crippen LogP contribution < -0.4 is 15.6 Å². The number of fused-ring (bicyclic) bond motifs is 1. The third-order valence-electron chi connectivity index (χ3n) is 4.07. The average Bonchev–Trinajstić information content (AvgIpc) is 3.02. The van der Waals surface area contributed by atoms with Crippen molar-refractivity contribution in [1.29, 1.82) is 0 Å². The van der Waals surface area contributed by atoms with Gasteiger partial charge in [-0.25, -0.2) is 0 Å². The minimum absolute atomic E-state index is 0.169. The molecule has 2 N–H and O–H groups in total. The Balaban J connectivity index is 1.53. The molecule has 0 saturated heterocycles. The third kappa shape index (κ3) is 3.85. The van der Waals surface area contributed by atoms with Crippen molar-refractivity contribution >= 4 is 22.8 Å². The van der Waals surface area contributed by atoms with E-state index in [0.29, 0.717) is 11.3 Å². The number of rotatable bonds is 5. The van der Waals surface area contributed by atoms with E-state index in [0.717, 1.165) is 17.4 Å². The number of hydrogen-bond donors (Lipinski definition) is 2. The molecule has 2 aromatic carbocycles. The fourth-order valence-corrected chi connectivity index (χ4v) is 2.58. The SMILES string of the molecule is CCc1ccc(OCC(=O)NNC(=O)c2oc3ccccc3c2C)cc1. The van der Waals surface area contributed by atoms with Gasteiger partial charge >= 0.3 is 5.91 Å². The van der Waals surface area contributed by atoms with Crippen LogP contribution in [0.1, 0.15) is 28.6 Å². The number of hydrazine groups is 1. The number of amides is 2. The number of benzene rings is 2. The Bertz CT molecular complexity index is 929. The highest BCUT2D eigenvalue weighted by Gasteiger charge is 2.17. The number of carbonyl (C=O) groups excluding carboxylic acids is 2. The van der Waals surface area contributed by atoms with Gasteiger partial charge in [0.1, 0.15) is 11.3 Å². The molecule has 0 atom stereocenters. The first-order chi connectivity index (χ1) is 12.6. The number of para-hydroxylation sites is 1. The number of hydrogen-bond acceptors (Lipinski definition) is 4. The lowest BCUT2D eigenvalue weighted by Crippen LogP contribution is -2.43. The van der Waals surface area contributed by atoms with Gasteiger partial charge in [0.2, 0.25) is 0 Å². The monoisotopic (exact) mass is 352 g/mol. The van der Waals surface area contributed by atoms with Crippen LogP contribution in [0.15, 0.2) is 52.9 Å². The van der Waals surface area contributed by atoms with Gasteiger partial charge in [0.25, 0.3) is 5.91 Å². The molecule has 6 heteroatoms. The minimum atomic E-state index is -0.514. The van der Waals surface area contributed by atoms with E-state index >= 15 is 0 Å². The van der Waals surface area contributed by atoms with Crippen molar-refractivity contribution in [3.63, 3.8) is 0 Å². The second kappa shape index (κ2) is 7.74. The highest BCUT2D eigenvalue weighted by molar-refractivity contribution is 5.99. The zero-order chi connectivity index (χ0) is 18.5. The van der Waals surface area contributed by atoms with E-state index in [1.54, 1.807) is 13.0 Å². The molecular formula is C20H20N2O4. The van der Waals surface area contributed by atoms with E-state index in [2.05, 4.69) is 17.8 Å². The molecule has 3 rings (SSSR count). The molecule has 0 aliphatic rings. The Morgan fingerprint density at radius 3 is 2.46 bits per heavy atom. The zero-order valence-corrected chi connectivity index (χ0v) is 14.7. The van der Waals surface area contributed by atoms with Crippen molar-refractivity contribution in [2.45, 2.75) is 20.3 Å². The number of furan rings is 1. The molecule has 6 nitrogen and oxygen atoms in total. The summed E-state index contributed by atoms with van der Waals surface area (Å²) >= 11 is 0. The van der Waals surface area contributed by atoms with Crippen molar-refractivity contribution in [3.05, 3.63) is 65.4 Å². The van der Waals surface area contributed by atoms with Gasteiger partial charge in [0, 0.05) is 10.9 Å². The van der Waals surface area contributed by atoms with E-state index in [1.165, 1.54) is 5.56 Å². The first-order valence-corrected chi connectivity index (χ1v) is 8.37. The van der Waals surface area contributed by atoms with Gasteiger partial charge in [-0.15, -0.1) is 0 Å². The molecule has 0 spiro atoms. The van der Waals surface area contributed by atoms with E-state index in [1.807, 2.05) is 42.5 Å². The minimum Gasteiger partial charge on any atom is -0.484 e. The smallest absolute Gasteiger partial charge is 0.305 e. The summed E-state index contributed by atoms with van der Waals surface area (Å²) in [6.07, 6.45) is 0.938. The van der Waals surface area contributed by atoms with Crippen LogP contribution in [-0.4, -0.2) is 18.4 Å². The standard InChI is InChI=1S/C20H20N2O4/c1-3-14-8-10-15(11-9-14)25-12-18(23)21-22-20(24)19-13(2)16-6-4-5-7-17(16)26-19/h4-11H,3,12H2,1-2H3,(H,21,23)(H,22,24). The Morgan fingerprint density at radius 2 is 1.77 bits per heavy atom. The zero-order valence-electron chi connectivity index (χ0n) is 14.7. The van der Waals surface area contributed by atoms with Crippen molar-refractivity contribution < 1.29 is 18.7 Å². The molecule has 0 aliphatic carbocycles. The molecule has 0 radical (unpaired) electrons. The van der Waals surface area contributed by atoms with Gasteiger partial charge in [-0.05, 0) is 37.1 Å². The van der Waals surface area contributed by atoms with Crippen LogP contribution in [0.25, 0.3) is 11.0 Å². The number of nitrogens with one attached hydrogen (secondary N) is 2. The van der Waals surface area contributed by atoms with Gasteiger partial charge < -0.3 is 9.15 Å². The molecule has 0 saturated carbocycles. The topological polar surface area (TPSA) is 80.6 Å². The largest absolute Gasteiger partial charge is 0.484 e. The van der Waals surface area contributed by atoms with Crippen molar-refractivity contribution in [2.75, 3.05) is 6.61 Å². The van der Waals surface area contributed by atoms with Crippen LogP contribution in [0, 0.1) is 6.92 Å². The second-order valence-corrected chi connectivity index (χ2v) is 5.84. The van der Waals surface area contributed by atoms with E-state index in [-0.39, 0.29) is 12.4 Å². The number of ether oxygens (including phenoxy) is 1. The molecule has 0 bridgehead atoms. The molecule has 1 heterocycles. The second-order valence-electron chi connectivity index (χ2n) is 5.84. The van der Waals surface area contributed by atoms with Crippen LogP contribution in [0.3, 0.4) is 0 Å². The van der Waals surface area contributed by atoms with E-state index in [9.17, 15) is 9.59 Å². The molecule has 0 fully saturated rings. The quantitative estimate of drug-likeness (QED) is 0.691. The lowest BCUT2D eigenvalue weighted by atomic mass is 10.1. The average molecular weight is 352 g/mol. The molecule has 2 amide bonds. The molecule has 0 unspecified atom stereocenters. The summed E-state index contributed by atoms with van der Waals surface area (Å²) < 4.78 is 10.9. The van der Waals surface area contributed by atoms with Gasteiger partial charge in [-0.2, -0.15) is 0 Å². The highest BCUT2D eigenvalue weighted by atomic mass is 16.5. The van der Waals surface area contributed by atoms with Gasteiger partial charge in [0.15, 0.2) is 12.4 Å². The Kier molecular flexibility index (Phi) is 5.22. The lowest BCUT2D eigenvalue weighted by Gasteiger charge is -2.08. The normalized spacial score (nSPS) is 10.5.